The Balaban J connectivity index is 2.06. The first-order valence-electron chi connectivity index (χ1n) is 8.74. The lowest BCUT2D eigenvalue weighted by molar-refractivity contribution is -0.138. The quantitative estimate of drug-likeness (QED) is 0.354. The van der Waals surface area contributed by atoms with Crippen LogP contribution in [0.3, 0.4) is 0 Å². The second-order valence-electron chi connectivity index (χ2n) is 6.87. The highest BCUT2D eigenvalue weighted by Crippen LogP contribution is 2.36. The Kier molecular flexibility index (Phi) is 6.16. The summed E-state index contributed by atoms with van der Waals surface area (Å²) in [6.45, 7) is 7.23. The van der Waals surface area contributed by atoms with Gasteiger partial charge in [-0.2, -0.15) is 13.2 Å². The Morgan fingerprint density at radius 3 is 2.45 bits per heavy atom. The van der Waals surface area contributed by atoms with Gasteiger partial charge in [0.25, 0.3) is 0 Å². The van der Waals surface area contributed by atoms with Crippen molar-refractivity contribution in [3.05, 3.63) is 57.1 Å². The highest BCUT2D eigenvalue weighted by Gasteiger charge is 2.32. The maximum absolute atomic E-state index is 14.9. The van der Waals surface area contributed by atoms with Gasteiger partial charge < -0.3 is 5.32 Å². The van der Waals surface area contributed by atoms with Gasteiger partial charge in [-0.1, -0.05) is 20.1 Å². The van der Waals surface area contributed by atoms with Crippen LogP contribution in [0.5, 0.6) is 0 Å². The van der Waals surface area contributed by atoms with E-state index in [4.69, 9.17) is 0 Å². The summed E-state index contributed by atoms with van der Waals surface area (Å²) < 4.78 is 54.8. The molecule has 0 amide bonds. The van der Waals surface area contributed by atoms with Crippen molar-refractivity contribution in [1.29, 1.82) is 0 Å². The zero-order valence-electron chi connectivity index (χ0n) is 16.2. The van der Waals surface area contributed by atoms with E-state index >= 15 is 0 Å². The van der Waals surface area contributed by atoms with E-state index in [1.807, 2.05) is 19.4 Å². The fourth-order valence-electron chi connectivity index (χ4n) is 3.12. The molecule has 1 aromatic heterocycles. The molecule has 1 N–H and O–H groups in total. The normalized spacial score (nSPS) is 12.1. The maximum atomic E-state index is 14.9. The molecular weight excluding hydrogens is 469 g/mol. The summed E-state index contributed by atoms with van der Waals surface area (Å²) in [6.07, 6.45) is -4.41. The first-order chi connectivity index (χ1) is 13.5. The molecule has 3 rings (SSSR count). The Bertz CT molecular complexity index is 1080. The van der Waals surface area contributed by atoms with Gasteiger partial charge >= 0.3 is 6.18 Å². The molecule has 1 heterocycles. The summed E-state index contributed by atoms with van der Waals surface area (Å²) in [6, 6.07) is 5.92. The molecule has 0 atom stereocenters. The van der Waals surface area contributed by atoms with Gasteiger partial charge in [0.05, 0.1) is 10.0 Å². The number of nitrogens with one attached hydrogen (secondary N) is 1. The number of hydrogen-bond donors (Lipinski definition) is 1. The number of anilines is 1. The van der Waals surface area contributed by atoms with Crippen molar-refractivity contribution < 1.29 is 17.6 Å². The molecule has 0 aliphatic rings. The number of alkyl halides is 3. The number of halogens is 5. The van der Waals surface area contributed by atoms with Crippen LogP contribution in [0.4, 0.5) is 23.4 Å². The third-order valence-corrected chi connectivity index (χ3v) is 7.04. The average Bonchev–Trinajstić information content (AvgIpc) is 2.62. The Morgan fingerprint density at radius 2 is 1.83 bits per heavy atom. The fraction of sp³-hybridized carbons (Fsp3) is 0.300. The van der Waals surface area contributed by atoms with Gasteiger partial charge in [0.1, 0.15) is 17.2 Å². The summed E-state index contributed by atoms with van der Waals surface area (Å²) in [4.78, 5) is 8.59. The zero-order chi connectivity index (χ0) is 21.5. The Labute approximate surface area is 175 Å². The average molecular weight is 488 g/mol. The van der Waals surface area contributed by atoms with Gasteiger partial charge in [0.15, 0.2) is 5.82 Å². The van der Waals surface area contributed by atoms with Crippen LogP contribution in [0.25, 0.3) is 10.9 Å². The number of benzene rings is 2. The van der Waals surface area contributed by atoms with Gasteiger partial charge in [-0.3, -0.25) is 0 Å². The smallest absolute Gasteiger partial charge is 0.365 e. The second kappa shape index (κ2) is 8.15. The summed E-state index contributed by atoms with van der Waals surface area (Å²) in [7, 11) is -0.597. The van der Waals surface area contributed by atoms with Gasteiger partial charge in [0, 0.05) is 11.9 Å². The van der Waals surface area contributed by atoms with Gasteiger partial charge in [0.2, 0.25) is 0 Å². The molecule has 0 saturated heterocycles. The minimum absolute atomic E-state index is 0.126. The lowest BCUT2D eigenvalue weighted by atomic mass is 10.0. The van der Waals surface area contributed by atoms with E-state index in [0.29, 0.717) is 27.1 Å². The van der Waals surface area contributed by atoms with Gasteiger partial charge in [-0.25, -0.2) is 14.4 Å². The largest absolute Gasteiger partial charge is 0.416 e. The SMILES string of the molecule is Cc1nc(NCc2cccc(C(F)(F)F)c2C)c2cc(P(C)C)c(Br)c(F)c2n1. The van der Waals surface area contributed by atoms with E-state index in [0.717, 1.165) is 11.4 Å². The molecule has 0 saturated carbocycles. The molecule has 0 bridgehead atoms. The minimum Gasteiger partial charge on any atom is -0.365 e. The number of aromatic nitrogens is 2. The number of aryl methyl sites for hydroxylation is 1. The lowest BCUT2D eigenvalue weighted by Gasteiger charge is -2.17. The molecule has 0 fully saturated rings. The summed E-state index contributed by atoms with van der Waals surface area (Å²) in [5.74, 6) is 0.306. The van der Waals surface area contributed by atoms with Crippen LogP contribution in [0, 0.1) is 19.7 Å². The molecule has 3 aromatic rings. The Morgan fingerprint density at radius 1 is 1.14 bits per heavy atom. The number of rotatable bonds is 4. The third kappa shape index (κ3) is 4.38. The van der Waals surface area contributed by atoms with Crippen molar-refractivity contribution in [3.63, 3.8) is 0 Å². The molecule has 9 heteroatoms. The van der Waals surface area contributed by atoms with Crippen LogP contribution in [0.15, 0.2) is 28.7 Å². The minimum atomic E-state index is -4.41. The highest BCUT2D eigenvalue weighted by molar-refractivity contribution is 9.10. The number of fused-ring (bicyclic) bond motifs is 1. The first-order valence-corrected chi connectivity index (χ1v) is 11.8. The van der Waals surface area contributed by atoms with Gasteiger partial charge in [-0.05, 0) is 71.7 Å². The Hall–Kier alpha value is -1.79. The van der Waals surface area contributed by atoms with Crippen LogP contribution in [-0.4, -0.2) is 23.3 Å². The molecule has 29 heavy (non-hydrogen) atoms. The summed E-state index contributed by atoms with van der Waals surface area (Å²) in [5, 5.41) is 4.42. The molecule has 0 unspecified atom stereocenters. The van der Waals surface area contributed by atoms with E-state index in [1.165, 1.54) is 13.0 Å². The molecule has 0 aliphatic heterocycles. The van der Waals surface area contributed by atoms with Crippen LogP contribution >= 0.6 is 23.9 Å². The predicted octanol–water partition coefficient (Wildman–Crippen LogP) is 6.15. The number of nitrogens with zero attached hydrogens (tertiary/aromatic N) is 2. The van der Waals surface area contributed by atoms with Crippen LogP contribution in [0.2, 0.25) is 0 Å². The number of hydrogen-bond acceptors (Lipinski definition) is 3. The van der Waals surface area contributed by atoms with E-state index in [9.17, 15) is 17.6 Å². The molecule has 0 spiro atoms. The monoisotopic (exact) mass is 487 g/mol. The van der Waals surface area contributed by atoms with Crippen molar-refractivity contribution in [2.75, 3.05) is 18.6 Å². The highest BCUT2D eigenvalue weighted by atomic mass is 79.9. The lowest BCUT2D eigenvalue weighted by Crippen LogP contribution is -2.12. The van der Waals surface area contributed by atoms with E-state index in [2.05, 4.69) is 31.2 Å². The molecule has 2 aromatic carbocycles. The molecular formula is C20H19BrF4N3P. The fourth-order valence-corrected chi connectivity index (χ4v) is 5.37. The predicted molar refractivity (Wildman–Crippen MR) is 114 cm³/mol. The van der Waals surface area contributed by atoms with Crippen molar-refractivity contribution in [2.45, 2.75) is 26.6 Å². The molecule has 0 radical (unpaired) electrons. The molecule has 0 aliphatic carbocycles. The summed E-state index contributed by atoms with van der Waals surface area (Å²) in [5.41, 5.74) is 0.159. The van der Waals surface area contributed by atoms with Crippen LogP contribution in [0.1, 0.15) is 22.5 Å². The second-order valence-corrected chi connectivity index (χ2v) is 9.94. The van der Waals surface area contributed by atoms with E-state index in [1.54, 1.807) is 13.0 Å². The summed E-state index contributed by atoms with van der Waals surface area (Å²) >= 11 is 3.32. The molecule has 3 nitrogen and oxygen atoms in total. The van der Waals surface area contributed by atoms with Crippen molar-refractivity contribution >= 4 is 45.9 Å². The topological polar surface area (TPSA) is 37.8 Å². The van der Waals surface area contributed by atoms with Gasteiger partial charge in [-0.15, -0.1) is 0 Å². The first kappa shape index (κ1) is 21.9. The van der Waals surface area contributed by atoms with Crippen molar-refractivity contribution in [2.24, 2.45) is 0 Å². The maximum Gasteiger partial charge on any atom is 0.416 e. The standard InChI is InChI=1S/C20H19BrF4N3P/c1-10-12(6-5-7-14(10)20(23,24)25)9-26-19-13-8-15(29(3)4)16(21)17(22)18(13)27-11(2)28-19/h5-8H,9H2,1-4H3,(H,26,27,28). The zero-order valence-corrected chi connectivity index (χ0v) is 18.7. The van der Waals surface area contributed by atoms with Crippen LogP contribution in [-0.2, 0) is 12.7 Å². The molecule has 154 valence electrons. The van der Waals surface area contributed by atoms with Crippen molar-refractivity contribution in [1.82, 2.24) is 9.97 Å². The third-order valence-electron chi connectivity index (χ3n) is 4.64. The van der Waals surface area contributed by atoms with E-state index < -0.39 is 25.5 Å². The van der Waals surface area contributed by atoms with Crippen LogP contribution < -0.4 is 10.6 Å². The van der Waals surface area contributed by atoms with Crippen molar-refractivity contribution in [3.8, 4) is 0 Å². The van der Waals surface area contributed by atoms with E-state index in [-0.39, 0.29) is 17.6 Å².